The van der Waals surface area contributed by atoms with Crippen molar-refractivity contribution in [3.63, 3.8) is 0 Å². The quantitative estimate of drug-likeness (QED) is 0.783. The van der Waals surface area contributed by atoms with Crippen LogP contribution in [0.3, 0.4) is 0 Å². The third kappa shape index (κ3) is 3.86. The molecule has 0 aliphatic rings. The molecule has 0 saturated carbocycles. The van der Waals surface area contributed by atoms with Gasteiger partial charge >= 0.3 is 0 Å². The van der Waals surface area contributed by atoms with E-state index in [2.05, 4.69) is 15.3 Å². The summed E-state index contributed by atoms with van der Waals surface area (Å²) in [4.78, 5) is 7.86. The van der Waals surface area contributed by atoms with Crippen molar-refractivity contribution >= 4 is 17.4 Å². The van der Waals surface area contributed by atoms with Crippen LogP contribution in [0.15, 0.2) is 6.07 Å². The minimum atomic E-state index is -3.18. The topological polar surface area (TPSA) is 58.0 Å². The van der Waals surface area contributed by atoms with Crippen LogP contribution in [0.5, 0.6) is 0 Å². The number of aliphatic hydroxyl groups is 1. The molecule has 1 rings (SSSR count). The van der Waals surface area contributed by atoms with Gasteiger partial charge in [0.15, 0.2) is 0 Å². The summed E-state index contributed by atoms with van der Waals surface area (Å²) in [6, 6.07) is 1.36. The molecule has 1 aromatic rings. The molecule has 0 aliphatic heterocycles. The average molecular weight is 252 g/mol. The van der Waals surface area contributed by atoms with Crippen molar-refractivity contribution in [3.8, 4) is 0 Å². The van der Waals surface area contributed by atoms with Crippen LogP contribution in [0, 0.1) is 0 Å². The van der Waals surface area contributed by atoms with E-state index < -0.39 is 19.1 Å². The number of alkyl halides is 2. The Kier molecular flexibility index (Phi) is 4.37. The molecule has 16 heavy (non-hydrogen) atoms. The van der Waals surface area contributed by atoms with Gasteiger partial charge in [0.1, 0.15) is 23.4 Å². The zero-order chi connectivity index (χ0) is 12.2. The Bertz CT molecular complexity index is 363. The highest BCUT2D eigenvalue weighted by Gasteiger charge is 2.27. The largest absolute Gasteiger partial charge is 0.390 e. The fraction of sp³-hybridized carbons (Fsp3) is 0.556. The highest BCUT2D eigenvalue weighted by Crippen LogP contribution is 2.16. The van der Waals surface area contributed by atoms with Crippen LogP contribution in [-0.2, 0) is 6.42 Å². The lowest BCUT2D eigenvalue weighted by Crippen LogP contribution is -2.31. The Hall–Kier alpha value is -1.01. The maximum atomic E-state index is 12.7. The van der Waals surface area contributed by atoms with Gasteiger partial charge in [0.25, 0.3) is 5.92 Å². The zero-order valence-electron chi connectivity index (χ0n) is 8.67. The Morgan fingerprint density at radius 1 is 1.50 bits per heavy atom. The summed E-state index contributed by atoms with van der Waals surface area (Å²) in [5.74, 6) is -2.48. The van der Waals surface area contributed by atoms with Crippen LogP contribution < -0.4 is 5.32 Å². The number of aryl methyl sites for hydroxylation is 1. The molecular formula is C9H12ClF2N3O. The van der Waals surface area contributed by atoms with Crippen LogP contribution in [0.4, 0.5) is 14.6 Å². The first-order chi connectivity index (χ1) is 7.46. The molecule has 0 bridgehead atoms. The molecule has 1 heterocycles. The van der Waals surface area contributed by atoms with E-state index in [1.54, 1.807) is 0 Å². The molecule has 0 aliphatic carbocycles. The first-order valence-corrected chi connectivity index (χ1v) is 5.10. The van der Waals surface area contributed by atoms with E-state index in [0.29, 0.717) is 12.2 Å². The Labute approximate surface area is 96.7 Å². The first kappa shape index (κ1) is 13.1. The molecule has 4 nitrogen and oxygen atoms in total. The lowest BCUT2D eigenvalue weighted by Gasteiger charge is -2.14. The van der Waals surface area contributed by atoms with Gasteiger partial charge in [0, 0.05) is 12.5 Å². The number of hydrogen-bond acceptors (Lipinski definition) is 4. The summed E-state index contributed by atoms with van der Waals surface area (Å²) >= 11 is 5.68. The average Bonchev–Trinajstić information content (AvgIpc) is 2.26. The van der Waals surface area contributed by atoms with Crippen molar-refractivity contribution < 1.29 is 13.9 Å². The molecule has 1 aromatic heterocycles. The second kappa shape index (κ2) is 5.36. The van der Waals surface area contributed by atoms with E-state index in [1.807, 2.05) is 6.92 Å². The molecule has 0 aromatic carbocycles. The molecule has 0 atom stereocenters. The van der Waals surface area contributed by atoms with Gasteiger partial charge in [0.05, 0.1) is 6.54 Å². The number of halogens is 3. The number of aromatic nitrogens is 2. The Balaban J connectivity index is 2.70. The Morgan fingerprint density at radius 3 is 2.75 bits per heavy atom. The van der Waals surface area contributed by atoms with Crippen molar-refractivity contribution in [2.75, 3.05) is 18.5 Å². The minimum Gasteiger partial charge on any atom is -0.390 e. The van der Waals surface area contributed by atoms with Crippen molar-refractivity contribution in [2.45, 2.75) is 19.3 Å². The SMILES string of the molecule is CCc1nc(Cl)cc(NCC(F)(F)CO)n1. The predicted molar refractivity (Wildman–Crippen MR) is 56.9 cm³/mol. The fourth-order valence-corrected chi connectivity index (χ4v) is 1.19. The molecule has 90 valence electrons. The second-order valence-electron chi connectivity index (χ2n) is 3.21. The molecule has 0 spiro atoms. The van der Waals surface area contributed by atoms with E-state index >= 15 is 0 Å². The summed E-state index contributed by atoms with van der Waals surface area (Å²) in [5, 5.41) is 11.0. The fourth-order valence-electron chi connectivity index (χ4n) is 0.989. The van der Waals surface area contributed by atoms with Crippen LogP contribution in [0.25, 0.3) is 0 Å². The summed E-state index contributed by atoms with van der Waals surface area (Å²) in [6.45, 7) is -0.0722. The normalized spacial score (nSPS) is 11.6. The lowest BCUT2D eigenvalue weighted by molar-refractivity contribution is -0.0373. The number of aliphatic hydroxyl groups excluding tert-OH is 1. The number of nitrogens with zero attached hydrogens (tertiary/aromatic N) is 2. The van der Waals surface area contributed by atoms with Crippen molar-refractivity contribution in [2.24, 2.45) is 0 Å². The molecule has 0 saturated heterocycles. The van der Waals surface area contributed by atoms with Crippen LogP contribution >= 0.6 is 11.6 Å². The molecular weight excluding hydrogens is 240 g/mol. The molecule has 0 radical (unpaired) electrons. The number of rotatable bonds is 5. The summed E-state index contributed by atoms with van der Waals surface area (Å²) in [7, 11) is 0. The molecule has 7 heteroatoms. The van der Waals surface area contributed by atoms with Crippen molar-refractivity contribution in [3.05, 3.63) is 17.0 Å². The number of anilines is 1. The summed E-state index contributed by atoms with van der Waals surface area (Å²) in [6.07, 6.45) is 0.561. The molecule has 0 amide bonds. The third-order valence-electron chi connectivity index (χ3n) is 1.82. The molecule has 2 N–H and O–H groups in total. The van der Waals surface area contributed by atoms with E-state index in [1.165, 1.54) is 6.07 Å². The summed E-state index contributed by atoms with van der Waals surface area (Å²) < 4.78 is 25.5. The van der Waals surface area contributed by atoms with Gasteiger partial charge in [-0.1, -0.05) is 18.5 Å². The van der Waals surface area contributed by atoms with Gasteiger partial charge in [-0.15, -0.1) is 0 Å². The van der Waals surface area contributed by atoms with E-state index in [-0.39, 0.29) is 11.0 Å². The highest BCUT2D eigenvalue weighted by atomic mass is 35.5. The molecule has 0 fully saturated rings. The van der Waals surface area contributed by atoms with Crippen LogP contribution in [0.2, 0.25) is 5.15 Å². The second-order valence-corrected chi connectivity index (χ2v) is 3.60. The number of hydrogen-bond donors (Lipinski definition) is 2. The van der Waals surface area contributed by atoms with E-state index in [4.69, 9.17) is 16.7 Å². The maximum Gasteiger partial charge on any atom is 0.287 e. The zero-order valence-corrected chi connectivity index (χ0v) is 9.43. The monoisotopic (exact) mass is 251 g/mol. The standard InChI is InChI=1S/C9H12ClF2N3O/c1-2-7-14-6(10)3-8(15-7)13-4-9(11,12)5-16/h3,16H,2,4-5H2,1H3,(H,13,14,15). The smallest absolute Gasteiger partial charge is 0.287 e. The van der Waals surface area contributed by atoms with Crippen LogP contribution in [-0.4, -0.2) is 34.1 Å². The predicted octanol–water partition coefficient (Wildman–Crippen LogP) is 1.73. The van der Waals surface area contributed by atoms with Gasteiger partial charge in [-0.25, -0.2) is 18.7 Å². The third-order valence-corrected chi connectivity index (χ3v) is 2.01. The van der Waals surface area contributed by atoms with Crippen molar-refractivity contribution in [1.29, 1.82) is 0 Å². The minimum absolute atomic E-state index is 0.196. The number of nitrogens with one attached hydrogen (secondary N) is 1. The van der Waals surface area contributed by atoms with Crippen molar-refractivity contribution in [1.82, 2.24) is 9.97 Å². The van der Waals surface area contributed by atoms with E-state index in [9.17, 15) is 8.78 Å². The lowest BCUT2D eigenvalue weighted by atomic mass is 10.3. The Morgan fingerprint density at radius 2 is 2.19 bits per heavy atom. The highest BCUT2D eigenvalue weighted by molar-refractivity contribution is 6.29. The summed E-state index contributed by atoms with van der Waals surface area (Å²) in [5.41, 5.74) is 0. The van der Waals surface area contributed by atoms with Gasteiger partial charge in [-0.3, -0.25) is 0 Å². The molecule has 0 unspecified atom stereocenters. The van der Waals surface area contributed by atoms with Gasteiger partial charge in [-0.05, 0) is 0 Å². The van der Waals surface area contributed by atoms with E-state index in [0.717, 1.165) is 0 Å². The van der Waals surface area contributed by atoms with Gasteiger partial charge in [-0.2, -0.15) is 0 Å². The maximum absolute atomic E-state index is 12.7. The first-order valence-electron chi connectivity index (χ1n) is 4.73. The van der Waals surface area contributed by atoms with Gasteiger partial charge < -0.3 is 10.4 Å². The van der Waals surface area contributed by atoms with Gasteiger partial charge in [0.2, 0.25) is 0 Å². The van der Waals surface area contributed by atoms with Crippen LogP contribution in [0.1, 0.15) is 12.7 Å².